The summed E-state index contributed by atoms with van der Waals surface area (Å²) in [6, 6.07) is 1.56. The zero-order chi connectivity index (χ0) is 19.9. The van der Waals surface area contributed by atoms with Gasteiger partial charge in [0.15, 0.2) is 0 Å². The van der Waals surface area contributed by atoms with E-state index in [0.29, 0.717) is 19.0 Å². The van der Waals surface area contributed by atoms with E-state index in [1.54, 1.807) is 18.5 Å². The smallest absolute Gasteiger partial charge is 0.326 e. The van der Waals surface area contributed by atoms with Gasteiger partial charge < -0.3 is 10.2 Å². The highest BCUT2D eigenvalue weighted by Gasteiger charge is 2.56. The van der Waals surface area contributed by atoms with E-state index >= 15 is 0 Å². The second kappa shape index (κ2) is 6.99. The Kier molecular flexibility index (Phi) is 4.77. The maximum absolute atomic E-state index is 13.3. The van der Waals surface area contributed by atoms with Crippen LogP contribution in [0.4, 0.5) is 10.7 Å². The van der Waals surface area contributed by atoms with Crippen LogP contribution in [0.1, 0.15) is 40.0 Å². The molecule has 1 spiro atoms. The van der Waals surface area contributed by atoms with Gasteiger partial charge in [-0.2, -0.15) is 0 Å². The van der Waals surface area contributed by atoms with Gasteiger partial charge in [0.05, 0.1) is 6.67 Å². The van der Waals surface area contributed by atoms with Crippen molar-refractivity contribution in [3.8, 4) is 0 Å². The lowest BCUT2D eigenvalue weighted by Gasteiger charge is -2.44. The summed E-state index contributed by atoms with van der Waals surface area (Å²) < 4.78 is 0. The zero-order valence-electron chi connectivity index (χ0n) is 17.0. The lowest BCUT2D eigenvalue weighted by molar-refractivity contribution is -0.136. The molecule has 2 aliphatic heterocycles. The minimum atomic E-state index is -0.724. The topological polar surface area (TPSA) is 81.7 Å². The molecule has 8 heteroatoms. The van der Waals surface area contributed by atoms with Crippen molar-refractivity contribution in [1.82, 2.24) is 25.1 Å². The number of amides is 3. The maximum Gasteiger partial charge on any atom is 0.326 e. The van der Waals surface area contributed by atoms with Crippen LogP contribution in [0.3, 0.4) is 0 Å². The number of carbonyl (C=O) groups excluding carboxylic acids is 2. The number of urea groups is 1. The summed E-state index contributed by atoms with van der Waals surface area (Å²) in [7, 11) is 0. The standard InChI is InChI=1S/C20H30N6O2/c1-15-11-19(2,3)13-20(12-15)16(27)26(18(28)23-20)14-24-7-9-25(10-8-24)17-21-5-4-6-22-17/h4-6,15H,7-14H2,1-3H3,(H,23,28)/t15-,20-/m1/s1. The molecular formula is C20H30N6O2. The molecule has 28 heavy (non-hydrogen) atoms. The Balaban J connectivity index is 1.39. The second-order valence-corrected chi connectivity index (χ2v) is 9.40. The van der Waals surface area contributed by atoms with Gasteiger partial charge >= 0.3 is 6.03 Å². The molecule has 0 unspecified atom stereocenters. The lowest BCUT2D eigenvalue weighted by Crippen LogP contribution is -2.55. The molecule has 1 aromatic heterocycles. The molecule has 1 aliphatic carbocycles. The number of hydrogen-bond donors (Lipinski definition) is 1. The fraction of sp³-hybridized carbons (Fsp3) is 0.700. The average molecular weight is 387 g/mol. The molecule has 3 amide bonds. The maximum atomic E-state index is 13.3. The number of nitrogens with zero attached hydrogens (tertiary/aromatic N) is 5. The van der Waals surface area contributed by atoms with E-state index in [0.717, 1.165) is 45.0 Å². The fourth-order valence-electron chi connectivity index (χ4n) is 5.38. The molecule has 0 radical (unpaired) electrons. The largest absolute Gasteiger partial charge is 0.338 e. The van der Waals surface area contributed by atoms with Crippen molar-refractivity contribution in [2.24, 2.45) is 11.3 Å². The van der Waals surface area contributed by atoms with Crippen LogP contribution in [0, 0.1) is 11.3 Å². The monoisotopic (exact) mass is 386 g/mol. The molecule has 3 heterocycles. The van der Waals surface area contributed by atoms with Crippen LogP contribution in [0.25, 0.3) is 0 Å². The van der Waals surface area contributed by atoms with Crippen molar-refractivity contribution < 1.29 is 9.59 Å². The van der Waals surface area contributed by atoms with Crippen molar-refractivity contribution in [3.63, 3.8) is 0 Å². The van der Waals surface area contributed by atoms with Crippen LogP contribution in [0.5, 0.6) is 0 Å². The minimum Gasteiger partial charge on any atom is -0.338 e. The lowest BCUT2D eigenvalue weighted by atomic mass is 9.64. The summed E-state index contributed by atoms with van der Waals surface area (Å²) in [5, 5.41) is 3.06. The number of anilines is 1. The summed E-state index contributed by atoms with van der Waals surface area (Å²) in [6.45, 7) is 10.0. The van der Waals surface area contributed by atoms with Gasteiger partial charge in [0.25, 0.3) is 5.91 Å². The summed E-state index contributed by atoms with van der Waals surface area (Å²) in [5.41, 5.74) is -0.671. The van der Waals surface area contributed by atoms with E-state index in [-0.39, 0.29) is 17.4 Å². The van der Waals surface area contributed by atoms with Gasteiger partial charge in [-0.15, -0.1) is 0 Å². The number of piperazine rings is 1. The first-order valence-electron chi connectivity index (χ1n) is 10.2. The van der Waals surface area contributed by atoms with E-state index in [2.05, 4.69) is 45.9 Å². The summed E-state index contributed by atoms with van der Waals surface area (Å²) in [6.07, 6.45) is 6.02. The van der Waals surface area contributed by atoms with Gasteiger partial charge in [0.1, 0.15) is 5.54 Å². The highest BCUT2D eigenvalue weighted by Crippen LogP contribution is 2.46. The Morgan fingerprint density at radius 3 is 2.43 bits per heavy atom. The second-order valence-electron chi connectivity index (χ2n) is 9.40. The third-order valence-electron chi connectivity index (χ3n) is 6.17. The Labute approximate surface area is 166 Å². The summed E-state index contributed by atoms with van der Waals surface area (Å²) in [5.74, 6) is 1.10. The van der Waals surface area contributed by atoms with Gasteiger partial charge in [-0.05, 0) is 36.7 Å². The molecule has 3 fully saturated rings. The van der Waals surface area contributed by atoms with Crippen molar-refractivity contribution >= 4 is 17.9 Å². The van der Waals surface area contributed by atoms with Crippen molar-refractivity contribution in [2.45, 2.75) is 45.6 Å². The van der Waals surface area contributed by atoms with Gasteiger partial charge in [-0.3, -0.25) is 9.69 Å². The Bertz CT molecular complexity index is 746. The third-order valence-corrected chi connectivity index (χ3v) is 6.17. The molecule has 2 saturated heterocycles. The molecular weight excluding hydrogens is 356 g/mol. The first-order chi connectivity index (χ1) is 13.3. The molecule has 1 saturated carbocycles. The van der Waals surface area contributed by atoms with E-state index in [4.69, 9.17) is 0 Å². The molecule has 0 aromatic carbocycles. The molecule has 1 aromatic rings. The predicted molar refractivity (Wildman–Crippen MR) is 106 cm³/mol. The van der Waals surface area contributed by atoms with Gasteiger partial charge in [0.2, 0.25) is 5.95 Å². The van der Waals surface area contributed by atoms with Crippen LogP contribution in [-0.2, 0) is 4.79 Å². The number of imide groups is 1. The molecule has 4 rings (SSSR count). The highest BCUT2D eigenvalue weighted by molar-refractivity contribution is 6.07. The Morgan fingerprint density at radius 2 is 1.79 bits per heavy atom. The van der Waals surface area contributed by atoms with Crippen LogP contribution < -0.4 is 10.2 Å². The summed E-state index contributed by atoms with van der Waals surface area (Å²) in [4.78, 5) is 40.3. The zero-order valence-corrected chi connectivity index (χ0v) is 17.0. The van der Waals surface area contributed by atoms with Gasteiger partial charge in [-0.1, -0.05) is 20.8 Å². The Morgan fingerprint density at radius 1 is 1.11 bits per heavy atom. The quantitative estimate of drug-likeness (QED) is 0.796. The van der Waals surface area contributed by atoms with Crippen molar-refractivity contribution in [1.29, 1.82) is 0 Å². The van der Waals surface area contributed by atoms with Crippen LogP contribution >= 0.6 is 0 Å². The van der Waals surface area contributed by atoms with Gasteiger partial charge in [0, 0.05) is 38.6 Å². The van der Waals surface area contributed by atoms with E-state index in [1.165, 1.54) is 4.90 Å². The van der Waals surface area contributed by atoms with Crippen molar-refractivity contribution in [3.05, 3.63) is 18.5 Å². The van der Waals surface area contributed by atoms with E-state index < -0.39 is 5.54 Å². The molecule has 152 valence electrons. The minimum absolute atomic E-state index is 0.0500. The molecule has 3 aliphatic rings. The number of rotatable bonds is 3. The van der Waals surface area contributed by atoms with Crippen LogP contribution in [0.2, 0.25) is 0 Å². The summed E-state index contributed by atoms with van der Waals surface area (Å²) >= 11 is 0. The predicted octanol–water partition coefficient (Wildman–Crippen LogP) is 1.69. The SMILES string of the molecule is C[C@@H]1CC(C)(C)C[C@@]2(C1)NC(=O)N(CN1CCN(c3ncccn3)CC1)C2=O. The van der Waals surface area contributed by atoms with Crippen molar-refractivity contribution in [2.75, 3.05) is 37.7 Å². The van der Waals surface area contributed by atoms with Gasteiger partial charge in [-0.25, -0.2) is 19.7 Å². The molecule has 0 bridgehead atoms. The number of carbonyl (C=O) groups is 2. The third kappa shape index (κ3) is 3.57. The number of nitrogens with one attached hydrogen (secondary N) is 1. The average Bonchev–Trinajstić information content (AvgIpc) is 2.85. The number of hydrogen-bond acceptors (Lipinski definition) is 6. The molecule has 2 atom stereocenters. The first-order valence-corrected chi connectivity index (χ1v) is 10.2. The van der Waals surface area contributed by atoms with Crippen LogP contribution in [0.15, 0.2) is 18.5 Å². The molecule has 8 nitrogen and oxygen atoms in total. The highest BCUT2D eigenvalue weighted by atomic mass is 16.2. The van der Waals surface area contributed by atoms with E-state index in [9.17, 15) is 9.59 Å². The number of aromatic nitrogens is 2. The first kappa shape index (κ1) is 19.1. The van der Waals surface area contributed by atoms with Crippen LogP contribution in [-0.4, -0.2) is 70.1 Å². The fourth-order valence-corrected chi connectivity index (χ4v) is 5.38. The molecule has 1 N–H and O–H groups in total. The Hall–Kier alpha value is -2.22. The van der Waals surface area contributed by atoms with E-state index in [1.807, 2.05) is 0 Å². The normalized spacial score (nSPS) is 30.8.